The molecule has 1 aromatic carbocycles. The maximum absolute atomic E-state index is 12.2. The van der Waals surface area contributed by atoms with E-state index in [4.69, 9.17) is 11.6 Å². The molecule has 0 aliphatic carbocycles. The number of halogens is 1. The van der Waals surface area contributed by atoms with E-state index in [2.05, 4.69) is 27.2 Å². The van der Waals surface area contributed by atoms with Gasteiger partial charge >= 0.3 is 0 Å². The number of aryl methyl sites for hydroxylation is 1. The SMILES string of the molecule is CCc1ncc(Cn2nc(-c3nnc(-c4cccc(Cl)c4)s3)ccc2=O)s1. The summed E-state index contributed by atoms with van der Waals surface area (Å²) >= 11 is 9.05. The lowest BCUT2D eigenvalue weighted by Gasteiger charge is -2.03. The highest BCUT2D eigenvalue weighted by molar-refractivity contribution is 7.17. The van der Waals surface area contributed by atoms with Crippen LogP contribution < -0.4 is 5.56 Å². The van der Waals surface area contributed by atoms with E-state index < -0.39 is 0 Å². The molecule has 0 atom stereocenters. The smallest absolute Gasteiger partial charge is 0.267 e. The van der Waals surface area contributed by atoms with Crippen molar-refractivity contribution in [1.29, 1.82) is 0 Å². The van der Waals surface area contributed by atoms with Gasteiger partial charge in [-0.25, -0.2) is 9.67 Å². The third kappa shape index (κ3) is 3.97. The minimum Gasteiger partial charge on any atom is -0.268 e. The van der Waals surface area contributed by atoms with Gasteiger partial charge in [-0.05, 0) is 24.6 Å². The number of hydrogen-bond donors (Lipinski definition) is 0. The Morgan fingerprint density at radius 2 is 1.96 bits per heavy atom. The largest absolute Gasteiger partial charge is 0.268 e. The highest BCUT2D eigenvalue weighted by atomic mass is 35.5. The van der Waals surface area contributed by atoms with Crippen molar-refractivity contribution in [3.05, 3.63) is 67.9 Å². The zero-order chi connectivity index (χ0) is 18.8. The fourth-order valence-electron chi connectivity index (χ4n) is 2.47. The monoisotopic (exact) mass is 415 g/mol. The first-order valence-electron chi connectivity index (χ1n) is 8.24. The number of hydrogen-bond acceptors (Lipinski definition) is 7. The summed E-state index contributed by atoms with van der Waals surface area (Å²) in [7, 11) is 0. The van der Waals surface area contributed by atoms with E-state index in [0.717, 1.165) is 26.9 Å². The van der Waals surface area contributed by atoms with Crippen LogP contribution in [0.25, 0.3) is 21.3 Å². The van der Waals surface area contributed by atoms with Crippen molar-refractivity contribution in [2.45, 2.75) is 19.9 Å². The summed E-state index contributed by atoms with van der Waals surface area (Å²) in [6.07, 6.45) is 2.68. The van der Waals surface area contributed by atoms with Crippen LogP contribution in [0.4, 0.5) is 0 Å². The molecule has 4 aromatic rings. The summed E-state index contributed by atoms with van der Waals surface area (Å²) < 4.78 is 1.43. The molecule has 0 aliphatic heterocycles. The molecule has 0 aliphatic rings. The van der Waals surface area contributed by atoms with Gasteiger partial charge in [0, 0.05) is 27.7 Å². The number of thiazole rings is 1. The van der Waals surface area contributed by atoms with Crippen LogP contribution in [0.5, 0.6) is 0 Å². The molecule has 0 radical (unpaired) electrons. The Labute approximate surface area is 168 Å². The maximum atomic E-state index is 12.2. The van der Waals surface area contributed by atoms with Crippen molar-refractivity contribution < 1.29 is 0 Å². The molecule has 3 heterocycles. The summed E-state index contributed by atoms with van der Waals surface area (Å²) in [4.78, 5) is 17.5. The van der Waals surface area contributed by atoms with E-state index in [1.807, 2.05) is 24.3 Å². The van der Waals surface area contributed by atoms with Crippen LogP contribution >= 0.6 is 34.3 Å². The molecule has 0 N–H and O–H groups in total. The van der Waals surface area contributed by atoms with Crippen LogP contribution in [0.1, 0.15) is 16.8 Å². The Morgan fingerprint density at radius 1 is 1.11 bits per heavy atom. The summed E-state index contributed by atoms with van der Waals surface area (Å²) in [5.41, 5.74) is 1.35. The molecule has 136 valence electrons. The molecule has 9 heteroatoms. The van der Waals surface area contributed by atoms with Crippen molar-refractivity contribution in [2.24, 2.45) is 0 Å². The molecule has 0 amide bonds. The van der Waals surface area contributed by atoms with E-state index in [-0.39, 0.29) is 5.56 Å². The van der Waals surface area contributed by atoms with E-state index >= 15 is 0 Å². The number of rotatable bonds is 5. The van der Waals surface area contributed by atoms with Gasteiger partial charge in [0.05, 0.1) is 11.6 Å². The van der Waals surface area contributed by atoms with Crippen molar-refractivity contribution in [3.63, 3.8) is 0 Å². The van der Waals surface area contributed by atoms with E-state index in [1.165, 1.54) is 22.1 Å². The Bertz CT molecular complexity index is 1150. The first-order valence-corrected chi connectivity index (χ1v) is 10.2. The quantitative estimate of drug-likeness (QED) is 0.489. The summed E-state index contributed by atoms with van der Waals surface area (Å²) in [5, 5.41) is 16.0. The Morgan fingerprint density at radius 3 is 2.74 bits per heavy atom. The standard InChI is InChI=1S/C18H14ClN5OS2/c1-2-15-20-9-13(26-15)10-24-16(25)7-6-14(23-24)18-22-21-17(27-18)11-4-3-5-12(19)8-11/h3-9H,2,10H2,1H3. The van der Waals surface area contributed by atoms with Crippen LogP contribution in [0, 0.1) is 0 Å². The fraction of sp³-hybridized carbons (Fsp3) is 0.167. The third-order valence-electron chi connectivity index (χ3n) is 3.79. The molecule has 27 heavy (non-hydrogen) atoms. The van der Waals surface area contributed by atoms with Gasteiger partial charge in [-0.1, -0.05) is 42.0 Å². The lowest BCUT2D eigenvalue weighted by molar-refractivity contribution is 0.648. The van der Waals surface area contributed by atoms with Crippen LogP contribution in [0.15, 0.2) is 47.4 Å². The molecular formula is C18H14ClN5OS2. The predicted molar refractivity (Wildman–Crippen MR) is 108 cm³/mol. The predicted octanol–water partition coefficient (Wildman–Crippen LogP) is 4.15. The Balaban J connectivity index is 1.64. The number of benzene rings is 1. The lowest BCUT2D eigenvalue weighted by atomic mass is 10.2. The highest BCUT2D eigenvalue weighted by Crippen LogP contribution is 2.29. The van der Waals surface area contributed by atoms with Gasteiger partial charge in [0.25, 0.3) is 5.56 Å². The van der Waals surface area contributed by atoms with Gasteiger partial charge in [0.1, 0.15) is 10.7 Å². The normalized spacial score (nSPS) is 11.0. The minimum absolute atomic E-state index is 0.162. The van der Waals surface area contributed by atoms with Gasteiger partial charge in [-0.15, -0.1) is 21.5 Å². The maximum Gasteiger partial charge on any atom is 0.267 e. The molecule has 0 bridgehead atoms. The van der Waals surface area contributed by atoms with Crippen molar-refractivity contribution in [2.75, 3.05) is 0 Å². The molecule has 0 unspecified atom stereocenters. The van der Waals surface area contributed by atoms with Crippen molar-refractivity contribution in [1.82, 2.24) is 25.0 Å². The van der Waals surface area contributed by atoms with Gasteiger partial charge in [0.2, 0.25) is 0 Å². The second kappa shape index (κ2) is 7.67. The highest BCUT2D eigenvalue weighted by Gasteiger charge is 2.12. The molecule has 0 spiro atoms. The number of nitrogens with zero attached hydrogens (tertiary/aromatic N) is 5. The average molecular weight is 416 g/mol. The van der Waals surface area contributed by atoms with Crippen LogP contribution in [-0.2, 0) is 13.0 Å². The first-order chi connectivity index (χ1) is 13.1. The van der Waals surface area contributed by atoms with Crippen molar-refractivity contribution in [3.8, 4) is 21.3 Å². The molecule has 4 rings (SSSR count). The van der Waals surface area contributed by atoms with Crippen LogP contribution in [0.3, 0.4) is 0 Å². The summed E-state index contributed by atoms with van der Waals surface area (Å²) in [6.45, 7) is 2.45. The minimum atomic E-state index is -0.162. The zero-order valence-electron chi connectivity index (χ0n) is 14.3. The van der Waals surface area contributed by atoms with Gasteiger partial charge in [-0.2, -0.15) is 5.10 Å². The van der Waals surface area contributed by atoms with E-state index in [0.29, 0.717) is 22.3 Å². The van der Waals surface area contributed by atoms with Gasteiger partial charge < -0.3 is 0 Å². The number of aromatic nitrogens is 5. The van der Waals surface area contributed by atoms with Gasteiger partial charge in [0.15, 0.2) is 5.01 Å². The second-order valence-electron chi connectivity index (χ2n) is 5.71. The van der Waals surface area contributed by atoms with E-state index in [9.17, 15) is 4.79 Å². The topological polar surface area (TPSA) is 73.6 Å². The molecule has 0 saturated heterocycles. The average Bonchev–Trinajstić information content (AvgIpc) is 3.33. The van der Waals surface area contributed by atoms with Gasteiger partial charge in [-0.3, -0.25) is 4.79 Å². The third-order valence-corrected chi connectivity index (χ3v) is 6.15. The van der Waals surface area contributed by atoms with Crippen LogP contribution in [0.2, 0.25) is 5.02 Å². The first kappa shape index (κ1) is 18.0. The molecular weight excluding hydrogens is 402 g/mol. The summed E-state index contributed by atoms with van der Waals surface area (Å²) in [5.74, 6) is 0. The van der Waals surface area contributed by atoms with E-state index in [1.54, 1.807) is 23.6 Å². The second-order valence-corrected chi connectivity index (χ2v) is 8.32. The van der Waals surface area contributed by atoms with Crippen LogP contribution in [-0.4, -0.2) is 25.0 Å². The Kier molecular flexibility index (Phi) is 5.11. The Hall–Kier alpha value is -2.42. The summed E-state index contributed by atoms with van der Waals surface area (Å²) in [6, 6.07) is 10.6. The van der Waals surface area contributed by atoms with Crippen molar-refractivity contribution >= 4 is 34.3 Å². The molecule has 6 nitrogen and oxygen atoms in total. The molecule has 0 saturated carbocycles. The zero-order valence-corrected chi connectivity index (χ0v) is 16.7. The fourth-order valence-corrected chi connectivity index (χ4v) is 4.31. The molecule has 3 aromatic heterocycles. The molecule has 0 fully saturated rings. The lowest BCUT2D eigenvalue weighted by Crippen LogP contribution is -2.22.